The maximum atomic E-state index is 12.6. The van der Waals surface area contributed by atoms with E-state index in [-0.39, 0.29) is 11.8 Å². The molecule has 30 heavy (non-hydrogen) atoms. The molecule has 158 valence electrons. The molecule has 0 atom stereocenters. The second-order valence-electron chi connectivity index (χ2n) is 7.39. The number of hydrogen-bond acceptors (Lipinski definition) is 6. The van der Waals surface area contributed by atoms with E-state index in [0.717, 1.165) is 58.3 Å². The van der Waals surface area contributed by atoms with E-state index in [9.17, 15) is 4.79 Å². The highest BCUT2D eigenvalue weighted by molar-refractivity contribution is 7.22. The van der Waals surface area contributed by atoms with Crippen LogP contribution in [-0.2, 0) is 11.3 Å². The van der Waals surface area contributed by atoms with Crippen LogP contribution < -0.4 is 19.7 Å². The normalized spacial score (nSPS) is 14.7. The predicted molar refractivity (Wildman–Crippen MR) is 121 cm³/mol. The summed E-state index contributed by atoms with van der Waals surface area (Å²) >= 11 is 1.69. The lowest BCUT2D eigenvalue weighted by molar-refractivity contribution is -0.125. The van der Waals surface area contributed by atoms with Gasteiger partial charge in [-0.05, 0) is 55.7 Å². The number of carbonyl (C=O) groups is 1. The number of amides is 1. The molecule has 2 heterocycles. The Labute approximate surface area is 180 Å². The van der Waals surface area contributed by atoms with E-state index >= 15 is 0 Å². The number of anilines is 1. The first-order chi connectivity index (χ1) is 14.7. The van der Waals surface area contributed by atoms with Crippen molar-refractivity contribution in [1.29, 1.82) is 0 Å². The molecule has 1 aromatic heterocycles. The van der Waals surface area contributed by atoms with Crippen molar-refractivity contribution in [3.8, 4) is 11.5 Å². The van der Waals surface area contributed by atoms with Gasteiger partial charge in [-0.2, -0.15) is 0 Å². The Hall–Kier alpha value is -2.80. The van der Waals surface area contributed by atoms with Crippen LogP contribution in [-0.4, -0.2) is 37.7 Å². The quantitative estimate of drug-likeness (QED) is 0.614. The van der Waals surface area contributed by atoms with Crippen LogP contribution in [0.15, 0.2) is 42.5 Å². The summed E-state index contributed by atoms with van der Waals surface area (Å²) in [6.07, 6.45) is 1.67. The van der Waals surface area contributed by atoms with Gasteiger partial charge in [0, 0.05) is 25.6 Å². The van der Waals surface area contributed by atoms with Gasteiger partial charge in [0.2, 0.25) is 5.91 Å². The molecule has 1 aliphatic rings. The summed E-state index contributed by atoms with van der Waals surface area (Å²) < 4.78 is 12.0. The summed E-state index contributed by atoms with van der Waals surface area (Å²) in [7, 11) is 1.65. The third-order valence-corrected chi connectivity index (χ3v) is 6.48. The second-order valence-corrected chi connectivity index (χ2v) is 8.40. The zero-order chi connectivity index (χ0) is 20.9. The zero-order valence-electron chi connectivity index (χ0n) is 17.4. The van der Waals surface area contributed by atoms with Gasteiger partial charge in [-0.25, -0.2) is 4.98 Å². The number of aromatic nitrogens is 1. The second kappa shape index (κ2) is 9.34. The summed E-state index contributed by atoms with van der Waals surface area (Å²) in [6, 6.07) is 13.8. The largest absolute Gasteiger partial charge is 0.497 e. The lowest BCUT2D eigenvalue weighted by Crippen LogP contribution is -2.40. The zero-order valence-corrected chi connectivity index (χ0v) is 18.2. The van der Waals surface area contributed by atoms with Crippen LogP contribution in [0.2, 0.25) is 0 Å². The van der Waals surface area contributed by atoms with Gasteiger partial charge in [0.15, 0.2) is 5.13 Å². The smallest absolute Gasteiger partial charge is 0.223 e. The van der Waals surface area contributed by atoms with E-state index in [1.165, 1.54) is 0 Å². The summed E-state index contributed by atoms with van der Waals surface area (Å²) in [5.41, 5.74) is 2.04. The van der Waals surface area contributed by atoms with E-state index in [1.54, 1.807) is 18.4 Å². The van der Waals surface area contributed by atoms with Crippen molar-refractivity contribution in [3.05, 3.63) is 48.0 Å². The number of fused-ring (bicyclic) bond motifs is 1. The lowest BCUT2D eigenvalue weighted by atomic mass is 9.96. The monoisotopic (exact) mass is 425 g/mol. The standard InChI is InChI=1S/C23H27N3O3S/c1-3-29-19-7-8-20-21(14-19)30-23(25-20)26-11-9-17(10-12-26)22(27)24-15-16-5-4-6-18(13-16)28-2/h4-8,13-14,17H,3,9-12,15H2,1-2H3,(H,24,27). The number of methoxy groups -OCH3 is 1. The summed E-state index contributed by atoms with van der Waals surface area (Å²) in [5, 5.41) is 4.10. The fraction of sp³-hybridized carbons (Fsp3) is 0.391. The SMILES string of the molecule is CCOc1ccc2nc(N3CCC(C(=O)NCc4cccc(OC)c4)CC3)sc2c1. The Kier molecular flexibility index (Phi) is 6.38. The van der Waals surface area contributed by atoms with E-state index in [2.05, 4.69) is 16.3 Å². The van der Waals surface area contributed by atoms with Gasteiger partial charge >= 0.3 is 0 Å². The molecule has 0 aliphatic carbocycles. The fourth-order valence-electron chi connectivity index (χ4n) is 3.73. The molecule has 3 aromatic rings. The van der Waals surface area contributed by atoms with Crippen molar-refractivity contribution >= 4 is 32.6 Å². The number of nitrogens with zero attached hydrogens (tertiary/aromatic N) is 2. The van der Waals surface area contributed by atoms with Crippen molar-refractivity contribution < 1.29 is 14.3 Å². The molecular weight excluding hydrogens is 398 g/mol. The third kappa shape index (κ3) is 4.67. The Morgan fingerprint density at radius 3 is 2.80 bits per heavy atom. The third-order valence-electron chi connectivity index (χ3n) is 5.40. The predicted octanol–water partition coefficient (Wildman–Crippen LogP) is 4.24. The van der Waals surface area contributed by atoms with Crippen molar-refractivity contribution in [3.63, 3.8) is 0 Å². The van der Waals surface area contributed by atoms with Crippen LogP contribution in [0.5, 0.6) is 11.5 Å². The summed E-state index contributed by atoms with van der Waals surface area (Å²) in [5.74, 6) is 1.86. The van der Waals surface area contributed by atoms with E-state index in [4.69, 9.17) is 14.5 Å². The molecule has 7 heteroatoms. The van der Waals surface area contributed by atoms with Crippen molar-refractivity contribution in [2.75, 3.05) is 31.7 Å². The number of hydrogen-bond donors (Lipinski definition) is 1. The van der Waals surface area contributed by atoms with Gasteiger partial charge in [0.25, 0.3) is 0 Å². The maximum absolute atomic E-state index is 12.6. The van der Waals surface area contributed by atoms with Crippen LogP contribution in [0.1, 0.15) is 25.3 Å². The van der Waals surface area contributed by atoms with Crippen LogP contribution in [0, 0.1) is 5.92 Å². The highest BCUT2D eigenvalue weighted by Crippen LogP contribution is 2.33. The fourth-order valence-corrected chi connectivity index (χ4v) is 4.78. The van der Waals surface area contributed by atoms with E-state index < -0.39 is 0 Å². The minimum atomic E-state index is 0.0470. The van der Waals surface area contributed by atoms with E-state index in [0.29, 0.717) is 13.2 Å². The number of nitrogens with one attached hydrogen (secondary N) is 1. The maximum Gasteiger partial charge on any atom is 0.223 e. The molecule has 4 rings (SSSR count). The molecular formula is C23H27N3O3S. The molecule has 6 nitrogen and oxygen atoms in total. The average molecular weight is 426 g/mol. The summed E-state index contributed by atoms with van der Waals surface area (Å²) in [6.45, 7) is 4.85. The first kappa shape index (κ1) is 20.5. The topological polar surface area (TPSA) is 63.7 Å². The Bertz CT molecular complexity index is 1010. The van der Waals surface area contributed by atoms with Crippen molar-refractivity contribution in [1.82, 2.24) is 10.3 Å². The molecule has 0 unspecified atom stereocenters. The minimum Gasteiger partial charge on any atom is -0.497 e. The molecule has 1 N–H and O–H groups in total. The van der Waals surface area contributed by atoms with Gasteiger partial charge < -0.3 is 19.7 Å². The van der Waals surface area contributed by atoms with Gasteiger partial charge in [-0.3, -0.25) is 4.79 Å². The lowest BCUT2D eigenvalue weighted by Gasteiger charge is -2.31. The molecule has 1 saturated heterocycles. The number of carbonyl (C=O) groups excluding carboxylic acids is 1. The Morgan fingerprint density at radius 2 is 2.03 bits per heavy atom. The van der Waals surface area contributed by atoms with E-state index in [1.807, 2.05) is 43.3 Å². The van der Waals surface area contributed by atoms with Gasteiger partial charge in [-0.1, -0.05) is 23.5 Å². The van der Waals surface area contributed by atoms with Crippen LogP contribution in [0.25, 0.3) is 10.2 Å². The van der Waals surface area contributed by atoms with Crippen molar-refractivity contribution in [2.24, 2.45) is 5.92 Å². The number of benzene rings is 2. The van der Waals surface area contributed by atoms with Gasteiger partial charge in [0.05, 0.1) is 23.9 Å². The highest BCUT2D eigenvalue weighted by atomic mass is 32.1. The molecule has 0 bridgehead atoms. The summed E-state index contributed by atoms with van der Waals surface area (Å²) in [4.78, 5) is 19.7. The Morgan fingerprint density at radius 1 is 1.20 bits per heavy atom. The number of rotatable bonds is 7. The van der Waals surface area contributed by atoms with Crippen LogP contribution >= 0.6 is 11.3 Å². The molecule has 1 fully saturated rings. The van der Waals surface area contributed by atoms with Gasteiger partial charge in [0.1, 0.15) is 11.5 Å². The van der Waals surface area contributed by atoms with Crippen LogP contribution in [0.4, 0.5) is 5.13 Å². The van der Waals surface area contributed by atoms with Gasteiger partial charge in [-0.15, -0.1) is 0 Å². The molecule has 1 amide bonds. The minimum absolute atomic E-state index is 0.0470. The molecule has 1 aliphatic heterocycles. The highest BCUT2D eigenvalue weighted by Gasteiger charge is 2.26. The molecule has 0 radical (unpaired) electrons. The molecule has 0 spiro atoms. The van der Waals surface area contributed by atoms with Crippen molar-refractivity contribution in [2.45, 2.75) is 26.3 Å². The number of ether oxygens (including phenoxy) is 2. The first-order valence-electron chi connectivity index (χ1n) is 10.3. The first-order valence-corrected chi connectivity index (χ1v) is 11.2. The number of thiazole rings is 1. The Balaban J connectivity index is 1.32. The average Bonchev–Trinajstić information content (AvgIpc) is 3.21. The van der Waals surface area contributed by atoms with Crippen LogP contribution in [0.3, 0.4) is 0 Å². The number of piperidine rings is 1. The molecule has 2 aromatic carbocycles. The molecule has 0 saturated carbocycles.